The highest BCUT2D eigenvalue weighted by Gasteiger charge is 2.28. The maximum absolute atomic E-state index is 12.7. The molecule has 1 fully saturated rings. The molecule has 26 heavy (non-hydrogen) atoms. The number of fused-ring (bicyclic) bond motifs is 1. The van der Waals surface area contributed by atoms with Crippen molar-refractivity contribution in [1.29, 1.82) is 0 Å². The lowest BCUT2D eigenvalue weighted by atomic mass is 10.2. The first-order valence-electron chi connectivity index (χ1n) is 8.80. The maximum atomic E-state index is 12.7. The van der Waals surface area contributed by atoms with E-state index in [4.69, 9.17) is 0 Å². The molecule has 2 aromatic heterocycles. The third-order valence-corrected chi connectivity index (χ3v) is 4.85. The summed E-state index contributed by atoms with van der Waals surface area (Å²) in [6.07, 6.45) is 7.65. The summed E-state index contributed by atoms with van der Waals surface area (Å²) in [7, 11) is 0. The van der Waals surface area contributed by atoms with Crippen molar-refractivity contribution >= 4 is 16.8 Å². The number of hydrogen-bond acceptors (Lipinski definition) is 5. The second-order valence-electron chi connectivity index (χ2n) is 6.53. The second-order valence-corrected chi connectivity index (χ2v) is 6.53. The van der Waals surface area contributed by atoms with Crippen LogP contribution in [0.3, 0.4) is 0 Å². The zero-order valence-corrected chi connectivity index (χ0v) is 14.4. The number of rotatable bonds is 5. The fourth-order valence-corrected chi connectivity index (χ4v) is 3.51. The van der Waals surface area contributed by atoms with Gasteiger partial charge < -0.3 is 9.47 Å². The number of nitrogens with zero attached hydrogens (tertiary/aromatic N) is 6. The normalized spacial score (nSPS) is 17.1. The maximum Gasteiger partial charge on any atom is 0.277 e. The van der Waals surface area contributed by atoms with Crippen LogP contribution in [0.4, 0.5) is 0 Å². The highest BCUT2D eigenvalue weighted by molar-refractivity contribution is 5.77. The first-order chi connectivity index (χ1) is 12.7. The lowest BCUT2D eigenvalue weighted by Gasteiger charge is -2.25. The molecule has 1 aliphatic heterocycles. The molecule has 4 rings (SSSR count). The molecule has 0 bridgehead atoms. The predicted octanol–water partition coefficient (Wildman–Crippen LogP) is 1.07. The molecule has 3 aromatic rings. The van der Waals surface area contributed by atoms with E-state index in [-0.39, 0.29) is 30.5 Å². The molecule has 8 heteroatoms. The molecule has 0 aliphatic carbocycles. The number of amides is 1. The topological polar surface area (TPSA) is 85.9 Å². The Hall–Kier alpha value is -3.03. The SMILES string of the molecule is O=C(CCn1nnc2ccccc2c1=O)N1CCC[C@@H]1Cn1ccnc1. The first kappa shape index (κ1) is 16.4. The molecule has 3 heterocycles. The third kappa shape index (κ3) is 3.22. The number of carbonyl (C=O) groups is 1. The van der Waals surface area contributed by atoms with Gasteiger partial charge in [-0.05, 0) is 25.0 Å². The molecule has 0 N–H and O–H groups in total. The summed E-state index contributed by atoms with van der Waals surface area (Å²) in [6.45, 7) is 1.75. The summed E-state index contributed by atoms with van der Waals surface area (Å²) in [5.41, 5.74) is 0.361. The van der Waals surface area contributed by atoms with E-state index >= 15 is 0 Å². The van der Waals surface area contributed by atoms with Crippen LogP contribution in [0, 0.1) is 0 Å². The lowest BCUT2D eigenvalue weighted by molar-refractivity contribution is -0.132. The van der Waals surface area contributed by atoms with Gasteiger partial charge in [0.1, 0.15) is 5.52 Å². The summed E-state index contributed by atoms with van der Waals surface area (Å²) in [4.78, 5) is 31.1. The highest BCUT2D eigenvalue weighted by Crippen LogP contribution is 2.20. The van der Waals surface area contributed by atoms with Gasteiger partial charge in [0, 0.05) is 37.9 Å². The molecule has 1 aliphatic rings. The van der Waals surface area contributed by atoms with Crippen LogP contribution in [-0.4, -0.2) is 47.9 Å². The van der Waals surface area contributed by atoms with Crippen molar-refractivity contribution in [3.8, 4) is 0 Å². The summed E-state index contributed by atoms with van der Waals surface area (Å²) >= 11 is 0. The van der Waals surface area contributed by atoms with E-state index in [2.05, 4.69) is 15.3 Å². The summed E-state index contributed by atoms with van der Waals surface area (Å²) in [5.74, 6) is 0.0504. The number of benzene rings is 1. The Labute approximate surface area is 150 Å². The number of aromatic nitrogens is 5. The average Bonchev–Trinajstić information content (AvgIpc) is 3.34. The Morgan fingerprint density at radius 3 is 3.00 bits per heavy atom. The Kier molecular flexibility index (Phi) is 4.47. The minimum atomic E-state index is -0.209. The molecule has 1 atom stereocenters. The van der Waals surface area contributed by atoms with Crippen LogP contribution in [0.15, 0.2) is 47.8 Å². The first-order valence-corrected chi connectivity index (χ1v) is 8.80. The third-order valence-electron chi connectivity index (χ3n) is 4.85. The van der Waals surface area contributed by atoms with E-state index < -0.39 is 0 Å². The van der Waals surface area contributed by atoms with Crippen molar-refractivity contribution in [3.63, 3.8) is 0 Å². The summed E-state index contributed by atoms with van der Waals surface area (Å²) < 4.78 is 3.27. The molecular weight excluding hydrogens is 332 g/mol. The molecule has 1 amide bonds. The number of likely N-dealkylation sites (tertiary alicyclic amines) is 1. The highest BCUT2D eigenvalue weighted by atomic mass is 16.2. The van der Waals surface area contributed by atoms with Crippen LogP contribution in [0.2, 0.25) is 0 Å². The minimum Gasteiger partial charge on any atom is -0.338 e. The lowest BCUT2D eigenvalue weighted by Crippen LogP contribution is -2.39. The Balaban J connectivity index is 1.43. The van der Waals surface area contributed by atoms with Gasteiger partial charge in [0.2, 0.25) is 5.91 Å². The van der Waals surface area contributed by atoms with Gasteiger partial charge >= 0.3 is 0 Å². The largest absolute Gasteiger partial charge is 0.338 e. The van der Waals surface area contributed by atoms with Crippen LogP contribution in [0.5, 0.6) is 0 Å². The van der Waals surface area contributed by atoms with Crippen molar-refractivity contribution < 1.29 is 4.79 Å². The molecule has 0 radical (unpaired) electrons. The van der Waals surface area contributed by atoms with Gasteiger partial charge in [-0.25, -0.2) is 9.67 Å². The molecule has 134 valence electrons. The predicted molar refractivity (Wildman–Crippen MR) is 95.4 cm³/mol. The molecule has 0 saturated carbocycles. The standard InChI is InChI=1S/C18H20N6O2/c25-17(23-9-3-4-14(23)12-22-11-8-19-13-22)7-10-24-18(26)15-5-1-2-6-16(15)20-21-24/h1-2,5-6,8,11,13-14H,3-4,7,9-10,12H2/t14-/m1/s1. The van der Waals surface area contributed by atoms with Crippen LogP contribution in [0.1, 0.15) is 19.3 Å². The van der Waals surface area contributed by atoms with E-state index in [1.165, 1.54) is 4.68 Å². The quantitative estimate of drug-likeness (QED) is 0.686. The molecule has 8 nitrogen and oxygen atoms in total. The Bertz CT molecular complexity index is 965. The van der Waals surface area contributed by atoms with Crippen molar-refractivity contribution in [2.24, 2.45) is 0 Å². The van der Waals surface area contributed by atoms with Crippen LogP contribution in [0.25, 0.3) is 10.9 Å². The van der Waals surface area contributed by atoms with Crippen LogP contribution in [-0.2, 0) is 17.9 Å². The van der Waals surface area contributed by atoms with Crippen molar-refractivity contribution in [1.82, 2.24) is 29.4 Å². The number of imidazole rings is 1. The number of carbonyl (C=O) groups excluding carboxylic acids is 1. The van der Waals surface area contributed by atoms with Crippen molar-refractivity contribution in [2.75, 3.05) is 6.54 Å². The fourth-order valence-electron chi connectivity index (χ4n) is 3.51. The van der Waals surface area contributed by atoms with Crippen LogP contribution < -0.4 is 5.56 Å². The summed E-state index contributed by atoms with van der Waals surface area (Å²) in [5, 5.41) is 8.54. The molecule has 0 unspecified atom stereocenters. The molecule has 1 saturated heterocycles. The van der Waals surface area contributed by atoms with Gasteiger partial charge in [0.05, 0.1) is 18.3 Å². The molecular formula is C18H20N6O2. The van der Waals surface area contributed by atoms with Gasteiger partial charge in [-0.1, -0.05) is 17.3 Å². The van der Waals surface area contributed by atoms with E-state index in [1.807, 2.05) is 21.7 Å². The fraction of sp³-hybridized carbons (Fsp3) is 0.389. The number of aryl methyl sites for hydroxylation is 1. The molecule has 0 spiro atoms. The molecule has 1 aromatic carbocycles. The minimum absolute atomic E-state index is 0.0504. The Morgan fingerprint density at radius 1 is 1.27 bits per heavy atom. The van der Waals surface area contributed by atoms with Crippen molar-refractivity contribution in [2.45, 2.75) is 38.4 Å². The monoisotopic (exact) mass is 352 g/mol. The second kappa shape index (κ2) is 7.07. The van der Waals surface area contributed by atoms with Gasteiger partial charge in [-0.15, -0.1) is 5.10 Å². The van der Waals surface area contributed by atoms with E-state index in [0.29, 0.717) is 10.9 Å². The van der Waals surface area contributed by atoms with Gasteiger partial charge in [0.25, 0.3) is 5.56 Å². The van der Waals surface area contributed by atoms with E-state index in [9.17, 15) is 9.59 Å². The summed E-state index contributed by atoms with van der Waals surface area (Å²) in [6, 6.07) is 7.27. The average molecular weight is 352 g/mol. The van der Waals surface area contributed by atoms with Crippen LogP contribution >= 0.6 is 0 Å². The van der Waals surface area contributed by atoms with E-state index in [0.717, 1.165) is 25.9 Å². The zero-order valence-electron chi connectivity index (χ0n) is 14.4. The smallest absolute Gasteiger partial charge is 0.277 e. The number of hydrogen-bond donors (Lipinski definition) is 0. The van der Waals surface area contributed by atoms with E-state index in [1.54, 1.807) is 30.7 Å². The Morgan fingerprint density at radius 2 is 2.15 bits per heavy atom. The van der Waals surface area contributed by atoms with Crippen molar-refractivity contribution in [3.05, 3.63) is 53.3 Å². The van der Waals surface area contributed by atoms with Gasteiger partial charge in [0.15, 0.2) is 0 Å². The van der Waals surface area contributed by atoms with Gasteiger partial charge in [-0.2, -0.15) is 0 Å². The van der Waals surface area contributed by atoms with Gasteiger partial charge in [-0.3, -0.25) is 9.59 Å². The zero-order chi connectivity index (χ0) is 17.9.